The van der Waals surface area contributed by atoms with Crippen molar-refractivity contribution in [2.24, 2.45) is 0 Å². The van der Waals surface area contributed by atoms with Gasteiger partial charge in [0.1, 0.15) is 0 Å². The maximum atomic E-state index is 12.6. The monoisotopic (exact) mass is 378 g/mol. The fourth-order valence-electron chi connectivity index (χ4n) is 3.63. The third-order valence-electron chi connectivity index (χ3n) is 5.40. The zero-order chi connectivity index (χ0) is 19.9. The van der Waals surface area contributed by atoms with Gasteiger partial charge in [0.2, 0.25) is 11.8 Å². The van der Waals surface area contributed by atoms with Gasteiger partial charge in [0.15, 0.2) is 0 Å². The molecule has 1 atom stereocenters. The van der Waals surface area contributed by atoms with Crippen molar-refractivity contribution in [2.75, 3.05) is 13.1 Å². The van der Waals surface area contributed by atoms with Crippen molar-refractivity contribution < 1.29 is 9.59 Å². The summed E-state index contributed by atoms with van der Waals surface area (Å²) in [7, 11) is 0. The first kappa shape index (κ1) is 20.1. The Morgan fingerprint density at radius 2 is 1.75 bits per heavy atom. The number of nitrogens with one attached hydrogen (secondary N) is 1. The Hall–Kier alpha value is -2.62. The van der Waals surface area contributed by atoms with Gasteiger partial charge in [-0.1, -0.05) is 68.4 Å². The van der Waals surface area contributed by atoms with E-state index in [-0.39, 0.29) is 17.9 Å². The molecule has 1 aliphatic heterocycles. The average Bonchev–Trinajstić information content (AvgIpc) is 3.11. The number of aryl methyl sites for hydroxylation is 1. The first-order chi connectivity index (χ1) is 13.5. The third kappa shape index (κ3) is 5.44. The molecule has 1 N–H and O–H groups in total. The van der Waals surface area contributed by atoms with E-state index in [1.807, 2.05) is 35.2 Å². The van der Waals surface area contributed by atoms with E-state index < -0.39 is 0 Å². The predicted octanol–water partition coefficient (Wildman–Crippen LogP) is 4.22. The number of nitrogens with zero attached hydrogens (tertiary/aromatic N) is 1. The van der Waals surface area contributed by atoms with Crippen molar-refractivity contribution in [1.82, 2.24) is 10.2 Å². The van der Waals surface area contributed by atoms with Gasteiger partial charge in [0.25, 0.3) is 0 Å². The Morgan fingerprint density at radius 1 is 1.04 bits per heavy atom. The van der Waals surface area contributed by atoms with Gasteiger partial charge in [-0.3, -0.25) is 9.59 Å². The van der Waals surface area contributed by atoms with Gasteiger partial charge in [-0.15, -0.1) is 0 Å². The molecule has 148 valence electrons. The van der Waals surface area contributed by atoms with Crippen LogP contribution in [0.4, 0.5) is 0 Å². The van der Waals surface area contributed by atoms with Crippen LogP contribution in [-0.2, 0) is 16.0 Å². The number of amides is 2. The molecule has 1 aliphatic rings. The van der Waals surface area contributed by atoms with Crippen LogP contribution < -0.4 is 5.32 Å². The van der Waals surface area contributed by atoms with E-state index in [4.69, 9.17) is 0 Å². The van der Waals surface area contributed by atoms with E-state index in [1.165, 1.54) is 11.1 Å². The van der Waals surface area contributed by atoms with Crippen LogP contribution in [0.5, 0.6) is 0 Å². The summed E-state index contributed by atoms with van der Waals surface area (Å²) in [5, 5.41) is 3.15. The molecule has 4 nitrogen and oxygen atoms in total. The van der Waals surface area contributed by atoms with Crippen LogP contribution in [0.25, 0.3) is 0 Å². The van der Waals surface area contributed by atoms with Crippen LogP contribution in [-0.4, -0.2) is 29.8 Å². The summed E-state index contributed by atoms with van der Waals surface area (Å²) in [6, 6.07) is 18.3. The molecule has 3 rings (SSSR count). The van der Waals surface area contributed by atoms with Crippen LogP contribution in [0, 0.1) is 0 Å². The van der Waals surface area contributed by atoms with Crippen molar-refractivity contribution in [2.45, 2.75) is 51.5 Å². The molecular weight excluding hydrogens is 348 g/mol. The maximum absolute atomic E-state index is 12.6. The zero-order valence-electron chi connectivity index (χ0n) is 16.9. The molecule has 2 aromatic carbocycles. The number of hydrogen-bond acceptors (Lipinski definition) is 2. The summed E-state index contributed by atoms with van der Waals surface area (Å²) in [5.41, 5.74) is 3.52. The summed E-state index contributed by atoms with van der Waals surface area (Å²) in [6.07, 6.45) is 2.68. The highest BCUT2D eigenvalue weighted by atomic mass is 16.2. The SMILES string of the molecule is CC(C)c1ccc(CCC(=O)NC(CN2CCCC2=O)c2ccccc2)cc1. The molecule has 2 aromatic rings. The van der Waals surface area contributed by atoms with E-state index in [1.54, 1.807) is 0 Å². The number of benzene rings is 2. The van der Waals surface area contributed by atoms with E-state index in [0.29, 0.717) is 31.7 Å². The van der Waals surface area contributed by atoms with E-state index in [0.717, 1.165) is 18.5 Å². The molecule has 2 amide bonds. The Kier molecular flexibility index (Phi) is 6.85. The third-order valence-corrected chi connectivity index (χ3v) is 5.40. The summed E-state index contributed by atoms with van der Waals surface area (Å²) in [6.45, 7) is 5.67. The highest BCUT2D eigenvalue weighted by Gasteiger charge is 2.25. The summed E-state index contributed by atoms with van der Waals surface area (Å²) < 4.78 is 0. The van der Waals surface area contributed by atoms with E-state index in [9.17, 15) is 9.59 Å². The fraction of sp³-hybridized carbons (Fsp3) is 0.417. The minimum atomic E-state index is -0.168. The first-order valence-corrected chi connectivity index (χ1v) is 10.2. The maximum Gasteiger partial charge on any atom is 0.222 e. The van der Waals surface area contributed by atoms with Gasteiger partial charge in [-0.05, 0) is 35.4 Å². The van der Waals surface area contributed by atoms with Crippen LogP contribution in [0.3, 0.4) is 0 Å². The predicted molar refractivity (Wildman–Crippen MR) is 112 cm³/mol. The lowest BCUT2D eigenvalue weighted by molar-refractivity contribution is -0.129. The molecule has 0 aromatic heterocycles. The molecule has 0 spiro atoms. The largest absolute Gasteiger partial charge is 0.347 e. The Morgan fingerprint density at radius 3 is 2.36 bits per heavy atom. The average molecular weight is 379 g/mol. The van der Waals surface area contributed by atoms with Crippen molar-refractivity contribution >= 4 is 11.8 Å². The smallest absolute Gasteiger partial charge is 0.222 e. The van der Waals surface area contributed by atoms with Gasteiger partial charge in [0.05, 0.1) is 6.04 Å². The van der Waals surface area contributed by atoms with Gasteiger partial charge < -0.3 is 10.2 Å². The van der Waals surface area contributed by atoms with Crippen molar-refractivity contribution in [1.29, 1.82) is 0 Å². The normalized spacial score (nSPS) is 15.1. The van der Waals surface area contributed by atoms with Crippen molar-refractivity contribution in [3.05, 3.63) is 71.3 Å². The van der Waals surface area contributed by atoms with Gasteiger partial charge in [-0.2, -0.15) is 0 Å². The minimum absolute atomic E-state index is 0.0217. The Bertz CT molecular complexity index is 784. The molecule has 0 radical (unpaired) electrons. The molecule has 0 bridgehead atoms. The molecule has 1 heterocycles. The lowest BCUT2D eigenvalue weighted by Gasteiger charge is -2.25. The van der Waals surface area contributed by atoms with Crippen LogP contribution >= 0.6 is 0 Å². The lowest BCUT2D eigenvalue weighted by atomic mass is 10.00. The molecule has 1 saturated heterocycles. The Balaban J connectivity index is 1.59. The minimum Gasteiger partial charge on any atom is -0.347 e. The first-order valence-electron chi connectivity index (χ1n) is 10.2. The lowest BCUT2D eigenvalue weighted by Crippen LogP contribution is -2.38. The standard InChI is InChI=1S/C24H30N2O2/c1-18(2)20-13-10-19(11-14-20)12-15-23(27)25-22(21-7-4-3-5-8-21)17-26-16-6-9-24(26)28/h3-5,7-8,10-11,13-14,18,22H,6,9,12,15-17H2,1-2H3,(H,25,27). The van der Waals surface area contributed by atoms with E-state index >= 15 is 0 Å². The van der Waals surface area contributed by atoms with Gasteiger partial charge >= 0.3 is 0 Å². The van der Waals surface area contributed by atoms with Crippen LogP contribution in [0.15, 0.2) is 54.6 Å². The van der Waals surface area contributed by atoms with Gasteiger partial charge in [-0.25, -0.2) is 0 Å². The second-order valence-electron chi connectivity index (χ2n) is 7.87. The number of hydrogen-bond donors (Lipinski definition) is 1. The molecule has 4 heteroatoms. The Labute approximate surface area is 167 Å². The molecule has 28 heavy (non-hydrogen) atoms. The summed E-state index contributed by atoms with van der Waals surface area (Å²) >= 11 is 0. The number of carbonyl (C=O) groups is 2. The van der Waals surface area contributed by atoms with Crippen LogP contribution in [0.2, 0.25) is 0 Å². The van der Waals surface area contributed by atoms with Crippen LogP contribution in [0.1, 0.15) is 61.8 Å². The second-order valence-corrected chi connectivity index (χ2v) is 7.87. The summed E-state index contributed by atoms with van der Waals surface area (Å²) in [4.78, 5) is 26.5. The molecular formula is C24H30N2O2. The van der Waals surface area contributed by atoms with Gasteiger partial charge in [0, 0.05) is 25.9 Å². The second kappa shape index (κ2) is 9.54. The number of rotatable bonds is 8. The fourth-order valence-corrected chi connectivity index (χ4v) is 3.63. The van der Waals surface area contributed by atoms with E-state index in [2.05, 4.69) is 43.4 Å². The van der Waals surface area contributed by atoms with Crippen molar-refractivity contribution in [3.8, 4) is 0 Å². The molecule has 0 aliphatic carbocycles. The quantitative estimate of drug-likeness (QED) is 0.748. The number of likely N-dealkylation sites (tertiary alicyclic amines) is 1. The highest BCUT2D eigenvalue weighted by molar-refractivity contribution is 5.79. The molecule has 1 fully saturated rings. The summed E-state index contributed by atoms with van der Waals surface area (Å²) in [5.74, 6) is 0.714. The highest BCUT2D eigenvalue weighted by Crippen LogP contribution is 2.19. The van der Waals surface area contributed by atoms with Crippen molar-refractivity contribution in [3.63, 3.8) is 0 Å². The molecule has 1 unspecified atom stereocenters. The number of carbonyl (C=O) groups excluding carboxylic acids is 2. The topological polar surface area (TPSA) is 49.4 Å². The molecule has 0 saturated carbocycles. The zero-order valence-corrected chi connectivity index (χ0v) is 16.9.